The van der Waals surface area contributed by atoms with E-state index in [9.17, 15) is 14.4 Å². The second kappa shape index (κ2) is 8.31. The predicted molar refractivity (Wildman–Crippen MR) is 116 cm³/mol. The minimum Gasteiger partial charge on any atom is -0.335 e. The number of carbonyl (C=O) groups excluding carboxylic acids is 2. The molecule has 1 fully saturated rings. The molecule has 1 atom stereocenters. The van der Waals surface area contributed by atoms with Crippen molar-refractivity contribution in [2.75, 3.05) is 0 Å². The van der Waals surface area contributed by atoms with Crippen LogP contribution in [0.4, 0.5) is 4.79 Å². The van der Waals surface area contributed by atoms with Gasteiger partial charge in [-0.3, -0.25) is 19.5 Å². The molecule has 9 heteroatoms. The average Bonchev–Trinajstić information content (AvgIpc) is 3.41. The van der Waals surface area contributed by atoms with E-state index in [1.807, 2.05) is 0 Å². The minimum atomic E-state index is -0.574. The Hall–Kier alpha value is -2.13. The van der Waals surface area contributed by atoms with E-state index in [0.717, 1.165) is 54.3 Å². The third-order valence-corrected chi connectivity index (χ3v) is 7.43. The molecule has 1 unspecified atom stereocenters. The lowest BCUT2D eigenvalue weighted by Gasteiger charge is -2.15. The normalized spacial score (nSPS) is 16.9. The van der Waals surface area contributed by atoms with Gasteiger partial charge in [0.25, 0.3) is 5.56 Å². The monoisotopic (exact) mass is 432 g/mol. The Labute approximate surface area is 177 Å². The number of nitrogens with zero attached hydrogens (tertiary/aromatic N) is 2. The Kier molecular flexibility index (Phi) is 5.78. The molecule has 3 amide bonds. The third-order valence-electron chi connectivity index (χ3n) is 5.15. The molecular formula is C20H24N4O3S2. The summed E-state index contributed by atoms with van der Waals surface area (Å²) in [4.78, 5) is 44.2. The molecule has 0 bridgehead atoms. The fraction of sp³-hybridized carbons (Fsp3) is 0.500. The number of carbonyl (C=O) groups is 2. The topological polar surface area (TPSA) is 93.1 Å². The summed E-state index contributed by atoms with van der Waals surface area (Å²) in [6.07, 6.45) is 7.71. The van der Waals surface area contributed by atoms with Crippen molar-refractivity contribution in [3.05, 3.63) is 33.4 Å². The second-order valence-corrected chi connectivity index (χ2v) is 9.88. The van der Waals surface area contributed by atoms with Crippen LogP contribution in [0, 0.1) is 0 Å². The number of amides is 3. The zero-order valence-electron chi connectivity index (χ0n) is 16.3. The zero-order valence-corrected chi connectivity index (χ0v) is 18.0. The standard InChI is InChI=1S/C20H24N4O3S2/c1-3-10-24-18(26)15-13-6-4-5-7-14(13)29-17(15)23-20(24)28-11(2)16(25)22-19(27)21-12-8-9-12/h3,11-12H,1,4-10H2,2H3,(H2,21,22,25,27). The summed E-state index contributed by atoms with van der Waals surface area (Å²) in [5.41, 5.74) is 1.07. The molecule has 2 heterocycles. The van der Waals surface area contributed by atoms with Crippen molar-refractivity contribution in [3.8, 4) is 0 Å². The van der Waals surface area contributed by atoms with Crippen LogP contribution in [-0.2, 0) is 24.2 Å². The van der Waals surface area contributed by atoms with Crippen molar-refractivity contribution in [2.45, 2.75) is 68.4 Å². The third kappa shape index (κ3) is 4.25. The molecule has 2 aromatic heterocycles. The average molecular weight is 433 g/mol. The van der Waals surface area contributed by atoms with Gasteiger partial charge in [0.05, 0.1) is 10.6 Å². The molecule has 154 valence electrons. The second-order valence-electron chi connectivity index (χ2n) is 7.49. The van der Waals surface area contributed by atoms with Crippen molar-refractivity contribution >= 4 is 45.3 Å². The molecule has 2 aliphatic carbocycles. The van der Waals surface area contributed by atoms with Gasteiger partial charge in [-0.15, -0.1) is 17.9 Å². The number of fused-ring (bicyclic) bond motifs is 3. The quantitative estimate of drug-likeness (QED) is 0.416. The van der Waals surface area contributed by atoms with Crippen molar-refractivity contribution in [1.82, 2.24) is 20.2 Å². The molecule has 2 aromatic rings. The molecule has 1 saturated carbocycles. The van der Waals surface area contributed by atoms with Crippen LogP contribution in [0.1, 0.15) is 43.0 Å². The van der Waals surface area contributed by atoms with E-state index in [1.165, 1.54) is 16.6 Å². The Balaban J connectivity index is 1.60. The van der Waals surface area contributed by atoms with Gasteiger partial charge < -0.3 is 5.32 Å². The Morgan fingerprint density at radius 2 is 2.14 bits per heavy atom. The first-order valence-electron chi connectivity index (χ1n) is 9.92. The number of thioether (sulfide) groups is 1. The Bertz CT molecular complexity index is 1040. The summed E-state index contributed by atoms with van der Waals surface area (Å²) >= 11 is 2.77. The smallest absolute Gasteiger partial charge is 0.321 e. The zero-order chi connectivity index (χ0) is 20.5. The van der Waals surface area contributed by atoms with Gasteiger partial charge in [-0.1, -0.05) is 17.8 Å². The molecule has 2 N–H and O–H groups in total. The largest absolute Gasteiger partial charge is 0.335 e. The summed E-state index contributed by atoms with van der Waals surface area (Å²) in [6, 6.07) is -0.291. The predicted octanol–water partition coefficient (Wildman–Crippen LogP) is 2.99. The first kappa shape index (κ1) is 20.2. The van der Waals surface area contributed by atoms with E-state index in [1.54, 1.807) is 28.9 Å². The number of imide groups is 1. The lowest BCUT2D eigenvalue weighted by molar-refractivity contribution is -0.119. The number of hydrogen-bond acceptors (Lipinski definition) is 6. The molecule has 0 spiro atoms. The van der Waals surface area contributed by atoms with Crippen molar-refractivity contribution < 1.29 is 9.59 Å². The van der Waals surface area contributed by atoms with Crippen molar-refractivity contribution in [2.24, 2.45) is 0 Å². The fourth-order valence-corrected chi connectivity index (χ4v) is 5.69. The molecule has 29 heavy (non-hydrogen) atoms. The summed E-state index contributed by atoms with van der Waals surface area (Å²) in [7, 11) is 0. The number of allylic oxidation sites excluding steroid dienone is 1. The summed E-state index contributed by atoms with van der Waals surface area (Å²) < 4.78 is 1.58. The number of urea groups is 1. The van der Waals surface area contributed by atoms with E-state index in [4.69, 9.17) is 4.98 Å². The molecule has 0 radical (unpaired) electrons. The highest BCUT2D eigenvalue weighted by Gasteiger charge is 2.27. The maximum absolute atomic E-state index is 13.2. The number of hydrogen-bond donors (Lipinski definition) is 2. The molecule has 0 aromatic carbocycles. The van der Waals surface area contributed by atoms with Crippen LogP contribution in [0.2, 0.25) is 0 Å². The molecule has 0 saturated heterocycles. The molecule has 7 nitrogen and oxygen atoms in total. The lowest BCUT2D eigenvalue weighted by atomic mass is 9.97. The van der Waals surface area contributed by atoms with Crippen LogP contribution >= 0.6 is 23.1 Å². The van der Waals surface area contributed by atoms with Gasteiger partial charge in [0.2, 0.25) is 5.91 Å². The van der Waals surface area contributed by atoms with Crippen LogP contribution < -0.4 is 16.2 Å². The lowest BCUT2D eigenvalue weighted by Crippen LogP contribution is -2.43. The van der Waals surface area contributed by atoms with Crippen LogP contribution in [-0.4, -0.2) is 32.8 Å². The van der Waals surface area contributed by atoms with E-state index in [2.05, 4.69) is 17.2 Å². The number of aromatic nitrogens is 2. The van der Waals surface area contributed by atoms with Crippen LogP contribution in [0.25, 0.3) is 10.2 Å². The van der Waals surface area contributed by atoms with Gasteiger partial charge in [-0.2, -0.15) is 0 Å². The van der Waals surface area contributed by atoms with E-state index >= 15 is 0 Å². The molecule has 4 rings (SSSR count). The van der Waals surface area contributed by atoms with Crippen LogP contribution in [0.3, 0.4) is 0 Å². The summed E-state index contributed by atoms with van der Waals surface area (Å²) in [5, 5.41) is 5.73. The van der Waals surface area contributed by atoms with Gasteiger partial charge in [0.15, 0.2) is 5.16 Å². The number of thiophene rings is 1. The molecular weight excluding hydrogens is 408 g/mol. The van der Waals surface area contributed by atoms with E-state index in [-0.39, 0.29) is 11.6 Å². The van der Waals surface area contributed by atoms with Gasteiger partial charge in [0, 0.05) is 17.5 Å². The van der Waals surface area contributed by atoms with Crippen LogP contribution in [0.15, 0.2) is 22.6 Å². The molecule has 0 aliphatic heterocycles. The Morgan fingerprint density at radius 1 is 1.38 bits per heavy atom. The number of nitrogens with one attached hydrogen (secondary N) is 2. The van der Waals surface area contributed by atoms with E-state index < -0.39 is 17.2 Å². The maximum Gasteiger partial charge on any atom is 0.321 e. The highest BCUT2D eigenvalue weighted by molar-refractivity contribution is 8.00. The van der Waals surface area contributed by atoms with Crippen molar-refractivity contribution in [1.29, 1.82) is 0 Å². The first-order chi connectivity index (χ1) is 14.0. The summed E-state index contributed by atoms with van der Waals surface area (Å²) in [6.45, 7) is 5.79. The van der Waals surface area contributed by atoms with E-state index in [0.29, 0.717) is 11.7 Å². The minimum absolute atomic E-state index is 0.0733. The maximum atomic E-state index is 13.2. The number of rotatable bonds is 6. The first-order valence-corrected chi connectivity index (χ1v) is 11.6. The Morgan fingerprint density at radius 3 is 2.86 bits per heavy atom. The molecule has 2 aliphatic rings. The van der Waals surface area contributed by atoms with Gasteiger partial charge >= 0.3 is 6.03 Å². The van der Waals surface area contributed by atoms with Gasteiger partial charge in [0.1, 0.15) is 4.83 Å². The van der Waals surface area contributed by atoms with Crippen molar-refractivity contribution in [3.63, 3.8) is 0 Å². The van der Waals surface area contributed by atoms with Gasteiger partial charge in [-0.25, -0.2) is 9.78 Å². The SMILES string of the molecule is C=CCn1c(SC(C)C(=O)NC(=O)NC2CC2)nc2sc3c(c2c1=O)CCCC3. The summed E-state index contributed by atoms with van der Waals surface area (Å²) in [5.74, 6) is -0.405. The van der Waals surface area contributed by atoms with Crippen LogP contribution in [0.5, 0.6) is 0 Å². The highest BCUT2D eigenvalue weighted by Crippen LogP contribution is 2.35. The van der Waals surface area contributed by atoms with Gasteiger partial charge in [-0.05, 0) is 51.0 Å². The number of aryl methyl sites for hydroxylation is 2. The fourth-order valence-electron chi connectivity index (χ4n) is 3.47. The highest BCUT2D eigenvalue weighted by atomic mass is 32.2.